The molecule has 0 saturated heterocycles. The Hall–Kier alpha value is -0.960. The maximum absolute atomic E-state index is 4.24. The van der Waals surface area contributed by atoms with E-state index in [-0.39, 0.29) is 0 Å². The van der Waals surface area contributed by atoms with Gasteiger partial charge in [0.15, 0.2) is 0 Å². The summed E-state index contributed by atoms with van der Waals surface area (Å²) in [7, 11) is 0. The molecule has 2 aromatic heterocycles. The zero-order valence-electron chi connectivity index (χ0n) is 7.60. The maximum atomic E-state index is 4.24. The predicted octanol–water partition coefficient (Wildman–Crippen LogP) is 2.84. The summed E-state index contributed by atoms with van der Waals surface area (Å²) in [6, 6.07) is 6.21. The molecule has 0 aromatic carbocycles. The molecule has 0 spiro atoms. The highest BCUT2D eigenvalue weighted by molar-refractivity contribution is 7.99. The molecule has 0 amide bonds. The van der Waals surface area contributed by atoms with Gasteiger partial charge in [-0.05, 0) is 24.3 Å². The highest BCUT2D eigenvalue weighted by atomic mass is 32.2. The smallest absolute Gasteiger partial charge is 0.137 e. The fourth-order valence-electron chi connectivity index (χ4n) is 1.25. The summed E-state index contributed by atoms with van der Waals surface area (Å²) < 4.78 is 2.13. The first kappa shape index (κ1) is 8.63. The highest BCUT2D eigenvalue weighted by Crippen LogP contribution is 2.19. The highest BCUT2D eigenvalue weighted by Gasteiger charge is 1.99. The minimum absolute atomic E-state index is 1.03. The summed E-state index contributed by atoms with van der Waals surface area (Å²) in [5.41, 5.74) is 1.03. The van der Waals surface area contributed by atoms with Crippen molar-refractivity contribution in [3.8, 4) is 0 Å². The van der Waals surface area contributed by atoms with E-state index in [4.69, 9.17) is 0 Å². The molecule has 3 heteroatoms. The van der Waals surface area contributed by atoms with E-state index in [1.807, 2.05) is 30.2 Å². The van der Waals surface area contributed by atoms with Crippen LogP contribution in [0.5, 0.6) is 0 Å². The van der Waals surface area contributed by atoms with E-state index in [9.17, 15) is 0 Å². The summed E-state index contributed by atoms with van der Waals surface area (Å²) in [4.78, 5) is 4.24. The van der Waals surface area contributed by atoms with Gasteiger partial charge in [0.25, 0.3) is 0 Å². The van der Waals surface area contributed by atoms with Gasteiger partial charge >= 0.3 is 0 Å². The third kappa shape index (κ3) is 1.70. The fraction of sp³-hybridized carbons (Fsp3) is 0.300. The average Bonchev–Trinajstić information content (AvgIpc) is 2.62. The Morgan fingerprint density at radius 3 is 3.23 bits per heavy atom. The van der Waals surface area contributed by atoms with Gasteiger partial charge in [0, 0.05) is 12.4 Å². The van der Waals surface area contributed by atoms with E-state index in [2.05, 4.69) is 28.4 Å². The van der Waals surface area contributed by atoms with E-state index in [0.29, 0.717) is 0 Å². The summed E-state index contributed by atoms with van der Waals surface area (Å²) >= 11 is 1.88. The van der Waals surface area contributed by atoms with Crippen LogP contribution in [-0.4, -0.2) is 15.1 Å². The first-order valence-electron chi connectivity index (χ1n) is 4.46. The average molecular weight is 192 g/mol. The lowest BCUT2D eigenvalue weighted by atomic mass is 10.5. The third-order valence-electron chi connectivity index (χ3n) is 1.84. The van der Waals surface area contributed by atoms with Crippen molar-refractivity contribution in [2.45, 2.75) is 18.4 Å². The van der Waals surface area contributed by atoms with Crippen molar-refractivity contribution in [3.05, 3.63) is 30.6 Å². The quantitative estimate of drug-likeness (QED) is 0.696. The molecule has 0 N–H and O–H groups in total. The number of rotatable bonds is 3. The number of hydrogen-bond donors (Lipinski definition) is 0. The molecule has 13 heavy (non-hydrogen) atoms. The van der Waals surface area contributed by atoms with E-state index in [1.165, 1.54) is 11.4 Å². The van der Waals surface area contributed by atoms with E-state index in [1.54, 1.807) is 0 Å². The van der Waals surface area contributed by atoms with Crippen LogP contribution >= 0.6 is 11.8 Å². The van der Waals surface area contributed by atoms with Gasteiger partial charge in [0.05, 0.1) is 5.03 Å². The molecule has 0 unspecified atom stereocenters. The second-order valence-electron chi connectivity index (χ2n) is 2.87. The summed E-state index contributed by atoms with van der Waals surface area (Å²) in [5.74, 6) is 1.16. The number of imidazole rings is 1. The molecule has 0 fully saturated rings. The number of thioether (sulfide) groups is 1. The van der Waals surface area contributed by atoms with Gasteiger partial charge in [-0.15, -0.1) is 11.8 Å². The van der Waals surface area contributed by atoms with Crippen molar-refractivity contribution in [1.29, 1.82) is 0 Å². The van der Waals surface area contributed by atoms with Gasteiger partial charge in [0.1, 0.15) is 5.65 Å². The normalized spacial score (nSPS) is 10.8. The van der Waals surface area contributed by atoms with Crippen molar-refractivity contribution >= 4 is 17.4 Å². The van der Waals surface area contributed by atoms with Crippen LogP contribution in [0.3, 0.4) is 0 Å². The second-order valence-corrected chi connectivity index (χ2v) is 3.98. The molecule has 2 rings (SSSR count). The number of pyridine rings is 1. The molecule has 2 aromatic rings. The first-order valence-corrected chi connectivity index (χ1v) is 5.45. The Bertz CT molecular complexity index is 394. The zero-order valence-corrected chi connectivity index (χ0v) is 8.42. The van der Waals surface area contributed by atoms with Crippen LogP contribution in [-0.2, 0) is 0 Å². The minimum atomic E-state index is 1.03. The van der Waals surface area contributed by atoms with E-state index in [0.717, 1.165) is 11.4 Å². The molecule has 0 radical (unpaired) electrons. The predicted molar refractivity (Wildman–Crippen MR) is 56.2 cm³/mol. The number of aromatic nitrogens is 2. The lowest BCUT2D eigenvalue weighted by Gasteiger charge is -2.02. The van der Waals surface area contributed by atoms with Crippen molar-refractivity contribution in [3.63, 3.8) is 0 Å². The molecule has 68 valence electrons. The first-order chi connectivity index (χ1) is 6.42. The summed E-state index contributed by atoms with van der Waals surface area (Å²) in [6.45, 7) is 2.20. The Morgan fingerprint density at radius 2 is 2.38 bits per heavy atom. The van der Waals surface area contributed by atoms with E-state index >= 15 is 0 Å². The monoisotopic (exact) mass is 192 g/mol. The van der Waals surface area contributed by atoms with Crippen LogP contribution < -0.4 is 0 Å². The minimum Gasteiger partial charge on any atom is -0.294 e. The van der Waals surface area contributed by atoms with Gasteiger partial charge in [-0.25, -0.2) is 4.98 Å². The van der Waals surface area contributed by atoms with E-state index < -0.39 is 0 Å². The lowest BCUT2D eigenvalue weighted by Crippen LogP contribution is -1.88. The number of fused-ring (bicyclic) bond motifs is 1. The summed E-state index contributed by atoms with van der Waals surface area (Å²) in [5, 5.41) is 1.27. The zero-order chi connectivity index (χ0) is 9.10. The molecule has 2 heterocycles. The molecular weight excluding hydrogens is 180 g/mol. The second kappa shape index (κ2) is 3.83. The molecule has 0 saturated carbocycles. The van der Waals surface area contributed by atoms with Crippen LogP contribution in [0, 0.1) is 0 Å². The van der Waals surface area contributed by atoms with Gasteiger partial charge in [0.2, 0.25) is 0 Å². The molecule has 2 nitrogen and oxygen atoms in total. The molecule has 0 aliphatic heterocycles. The SMILES string of the molecule is CCCSc1cccc2nccn12. The van der Waals surface area contributed by atoms with Gasteiger partial charge in [-0.3, -0.25) is 4.40 Å². The fourth-order valence-corrected chi connectivity index (χ4v) is 2.13. The van der Waals surface area contributed by atoms with Crippen LogP contribution in [0.2, 0.25) is 0 Å². The summed E-state index contributed by atoms with van der Waals surface area (Å²) in [6.07, 6.45) is 5.05. The Morgan fingerprint density at radius 1 is 1.46 bits per heavy atom. The Labute approximate surface area is 82.0 Å². The Kier molecular flexibility index (Phi) is 2.54. The van der Waals surface area contributed by atoms with Crippen molar-refractivity contribution in [2.75, 3.05) is 5.75 Å². The standard InChI is InChI=1S/C10H12N2S/c1-2-8-13-10-5-3-4-9-11-6-7-12(9)10/h3-7H,2,8H2,1H3. The van der Waals surface area contributed by atoms with Crippen molar-refractivity contribution in [1.82, 2.24) is 9.38 Å². The van der Waals surface area contributed by atoms with Crippen LogP contribution in [0.1, 0.15) is 13.3 Å². The molecule has 0 bridgehead atoms. The molecule has 0 atom stereocenters. The van der Waals surface area contributed by atoms with Gasteiger partial charge < -0.3 is 0 Å². The largest absolute Gasteiger partial charge is 0.294 e. The Balaban J connectivity index is 2.37. The third-order valence-corrected chi connectivity index (χ3v) is 3.09. The van der Waals surface area contributed by atoms with Gasteiger partial charge in [-0.1, -0.05) is 13.0 Å². The van der Waals surface area contributed by atoms with Crippen LogP contribution in [0.4, 0.5) is 0 Å². The number of nitrogens with zero attached hydrogens (tertiary/aromatic N) is 2. The van der Waals surface area contributed by atoms with Crippen molar-refractivity contribution in [2.24, 2.45) is 0 Å². The maximum Gasteiger partial charge on any atom is 0.137 e. The molecule has 0 aliphatic carbocycles. The van der Waals surface area contributed by atoms with Crippen LogP contribution in [0.25, 0.3) is 5.65 Å². The molecular formula is C10H12N2S. The van der Waals surface area contributed by atoms with Gasteiger partial charge in [-0.2, -0.15) is 0 Å². The number of hydrogen-bond acceptors (Lipinski definition) is 2. The van der Waals surface area contributed by atoms with Crippen molar-refractivity contribution < 1.29 is 0 Å². The van der Waals surface area contributed by atoms with Crippen LogP contribution in [0.15, 0.2) is 35.6 Å². The lowest BCUT2D eigenvalue weighted by molar-refractivity contribution is 1.02. The topological polar surface area (TPSA) is 17.3 Å². The molecule has 0 aliphatic rings.